The van der Waals surface area contributed by atoms with E-state index in [1.807, 2.05) is 0 Å². The maximum atomic E-state index is 13.0. The van der Waals surface area contributed by atoms with Gasteiger partial charge in [0.05, 0.1) is 11.7 Å². The van der Waals surface area contributed by atoms with Crippen LogP contribution in [0.15, 0.2) is 39.1 Å². The molecule has 1 fully saturated rings. The number of amidine groups is 1. The van der Waals surface area contributed by atoms with E-state index in [4.69, 9.17) is 28.5 Å². The highest BCUT2D eigenvalue weighted by Crippen LogP contribution is 2.45. The molecule has 4 heterocycles. The number of nitrogens with zero attached hydrogens (tertiary/aromatic N) is 4. The van der Waals surface area contributed by atoms with E-state index in [2.05, 4.69) is 20.4 Å². The van der Waals surface area contributed by atoms with Crippen LogP contribution in [0.5, 0.6) is 0 Å². The van der Waals surface area contributed by atoms with Gasteiger partial charge < -0.3 is 26.2 Å². The SMILES string of the molecule is NC(=[NH2+])SCc1cnccc1SC1=C(C(=O)[O-])N2C(=O)[C@@H](NC(=O)/C(=N\O)c3nc(N)sc3Cl)[C@H]2SC1. The Hall–Kier alpha value is -2.99. The summed E-state index contributed by atoms with van der Waals surface area (Å²) in [6.45, 7) is 0. The van der Waals surface area contributed by atoms with Crippen molar-refractivity contribution in [2.24, 2.45) is 10.9 Å². The number of nitrogens with two attached hydrogens (primary N) is 3. The number of rotatable bonds is 8. The van der Waals surface area contributed by atoms with Crippen molar-refractivity contribution in [3.05, 3.63) is 44.7 Å². The van der Waals surface area contributed by atoms with Gasteiger partial charge in [-0.15, -0.1) is 11.8 Å². The van der Waals surface area contributed by atoms with Gasteiger partial charge in [0.15, 0.2) is 10.8 Å². The Morgan fingerprint density at radius 2 is 2.22 bits per heavy atom. The second-order valence-electron chi connectivity index (χ2n) is 7.32. The first kappa shape index (κ1) is 27.1. The molecule has 2 aromatic rings. The third kappa shape index (κ3) is 5.49. The highest BCUT2D eigenvalue weighted by atomic mass is 35.5. The lowest BCUT2D eigenvalue weighted by atomic mass is 10.0. The van der Waals surface area contributed by atoms with Gasteiger partial charge in [-0.1, -0.05) is 39.9 Å². The lowest BCUT2D eigenvalue weighted by Crippen LogP contribution is -2.71. The third-order valence-corrected chi connectivity index (χ3v) is 9.58. The van der Waals surface area contributed by atoms with E-state index < -0.39 is 34.9 Å². The summed E-state index contributed by atoms with van der Waals surface area (Å²) in [4.78, 5) is 47.9. The normalized spacial score (nSPS) is 19.3. The number of nitrogens with one attached hydrogen (secondary N) is 1. The van der Waals surface area contributed by atoms with Crippen molar-refractivity contribution in [2.45, 2.75) is 22.1 Å². The van der Waals surface area contributed by atoms with Crippen LogP contribution < -0.4 is 27.3 Å². The lowest BCUT2D eigenvalue weighted by Gasteiger charge is -2.50. The summed E-state index contributed by atoms with van der Waals surface area (Å²) in [5, 5.41) is 31.9. The van der Waals surface area contributed by atoms with Crippen LogP contribution in [0.4, 0.5) is 5.13 Å². The van der Waals surface area contributed by atoms with E-state index in [1.54, 1.807) is 18.5 Å². The van der Waals surface area contributed by atoms with Gasteiger partial charge >= 0.3 is 0 Å². The number of carbonyl (C=O) groups is 3. The van der Waals surface area contributed by atoms with Crippen LogP contribution >= 0.6 is 58.2 Å². The number of carboxylic acid groups (broad SMARTS) is 1. The average molecular weight is 601 g/mol. The molecule has 2 aliphatic heterocycles. The minimum Gasteiger partial charge on any atom is -0.543 e. The first-order valence-corrected chi connectivity index (χ1v) is 14.1. The fourth-order valence-electron chi connectivity index (χ4n) is 3.45. The van der Waals surface area contributed by atoms with Crippen molar-refractivity contribution in [1.82, 2.24) is 20.2 Å². The van der Waals surface area contributed by atoms with Gasteiger partial charge in [-0.2, -0.15) is 0 Å². The molecule has 2 atom stereocenters. The molecule has 18 heteroatoms. The lowest BCUT2D eigenvalue weighted by molar-refractivity contribution is -0.301. The first-order chi connectivity index (χ1) is 17.6. The Kier molecular flexibility index (Phi) is 8.17. The summed E-state index contributed by atoms with van der Waals surface area (Å²) in [6.07, 6.45) is 3.19. The number of fused-ring (bicyclic) bond motifs is 1. The van der Waals surface area contributed by atoms with Crippen molar-refractivity contribution in [3.8, 4) is 0 Å². The smallest absolute Gasteiger partial charge is 0.300 e. The Morgan fingerprint density at radius 1 is 1.46 bits per heavy atom. The van der Waals surface area contributed by atoms with Crippen molar-refractivity contribution < 1.29 is 30.1 Å². The van der Waals surface area contributed by atoms with Gasteiger partial charge in [0.2, 0.25) is 0 Å². The molecule has 0 bridgehead atoms. The van der Waals surface area contributed by atoms with Crippen LogP contribution in [-0.2, 0) is 20.1 Å². The molecule has 0 aliphatic carbocycles. The van der Waals surface area contributed by atoms with Crippen LogP contribution in [0.2, 0.25) is 4.34 Å². The van der Waals surface area contributed by atoms with Gasteiger partial charge in [0, 0.05) is 33.7 Å². The van der Waals surface area contributed by atoms with E-state index >= 15 is 0 Å². The minimum atomic E-state index is -1.53. The number of amides is 2. The molecule has 194 valence electrons. The number of aromatic nitrogens is 2. The van der Waals surface area contributed by atoms with E-state index in [9.17, 15) is 24.7 Å². The zero-order chi connectivity index (χ0) is 26.9. The molecular formula is C19H17ClN8O5S4. The number of thioether (sulfide) groups is 3. The highest BCUT2D eigenvalue weighted by molar-refractivity contribution is 8.12. The molecule has 0 aromatic carbocycles. The summed E-state index contributed by atoms with van der Waals surface area (Å²) < 4.78 is 0.0267. The van der Waals surface area contributed by atoms with E-state index in [0.717, 1.165) is 26.7 Å². The maximum Gasteiger partial charge on any atom is 0.300 e. The van der Waals surface area contributed by atoms with Crippen LogP contribution in [0, 0.1) is 0 Å². The molecule has 2 aromatic heterocycles. The molecule has 8 N–H and O–H groups in total. The van der Waals surface area contributed by atoms with Gasteiger partial charge in [-0.3, -0.25) is 30.6 Å². The number of anilines is 1. The monoisotopic (exact) mass is 600 g/mol. The molecule has 0 spiro atoms. The van der Waals surface area contributed by atoms with Crippen molar-refractivity contribution >= 4 is 92.0 Å². The Labute approximate surface area is 230 Å². The van der Waals surface area contributed by atoms with Gasteiger partial charge in [0.25, 0.3) is 17.0 Å². The quantitative estimate of drug-likeness (QED) is 0.0760. The summed E-state index contributed by atoms with van der Waals surface area (Å²) >= 11 is 10.5. The van der Waals surface area contributed by atoms with Crippen molar-refractivity contribution in [1.29, 1.82) is 0 Å². The van der Waals surface area contributed by atoms with Crippen molar-refractivity contribution in [2.75, 3.05) is 11.5 Å². The highest BCUT2D eigenvalue weighted by Gasteiger charge is 2.53. The maximum absolute atomic E-state index is 13.0. The Morgan fingerprint density at radius 3 is 2.84 bits per heavy atom. The number of carboxylic acids is 1. The van der Waals surface area contributed by atoms with Crippen LogP contribution in [-0.4, -0.2) is 65.9 Å². The standard InChI is InChI=1S/C19H17ClN8O5S4/c20-13-9(26-19(23)37-13)10(27-33)14(29)25-11-15(30)28-12(17(31)32)8(5-34-16(11)28)36-7-1-2-24-3-6(7)4-35-18(21)22/h1-3,11,16,33H,4-5H2,(H3,21,22)(H2,23,26)(H,25,29)(H,31,32)/b27-10-/t11-,16-/m1/s1. The van der Waals surface area contributed by atoms with Gasteiger partial charge in [0.1, 0.15) is 21.4 Å². The first-order valence-electron chi connectivity index (χ1n) is 10.1. The van der Waals surface area contributed by atoms with Gasteiger partial charge in [-0.05, 0) is 23.4 Å². The summed E-state index contributed by atoms with van der Waals surface area (Å²) in [5.74, 6) is -2.48. The molecule has 2 amide bonds. The van der Waals surface area contributed by atoms with E-state index in [-0.39, 0.29) is 31.8 Å². The average Bonchev–Trinajstić information content (AvgIpc) is 3.19. The molecule has 1 saturated heterocycles. The second kappa shape index (κ2) is 11.2. The molecule has 2 aliphatic rings. The second-order valence-corrected chi connectivity index (χ2v) is 12.2. The molecule has 0 unspecified atom stereocenters. The summed E-state index contributed by atoms with van der Waals surface area (Å²) in [7, 11) is 0. The topological polar surface area (TPSA) is 226 Å². The third-order valence-electron chi connectivity index (χ3n) is 5.04. The number of nitrogen functional groups attached to an aromatic ring is 1. The number of pyridine rings is 1. The largest absolute Gasteiger partial charge is 0.543 e. The molecule has 0 radical (unpaired) electrons. The molecule has 4 rings (SSSR count). The number of carbonyl (C=O) groups excluding carboxylic acids is 3. The molecule has 13 nitrogen and oxygen atoms in total. The van der Waals surface area contributed by atoms with Crippen LogP contribution in [0.3, 0.4) is 0 Å². The minimum absolute atomic E-state index is 0.0267. The van der Waals surface area contributed by atoms with E-state index in [1.165, 1.54) is 35.3 Å². The Balaban J connectivity index is 1.54. The zero-order valence-electron chi connectivity index (χ0n) is 18.4. The number of β-lactam (4-membered cyclic amide) rings is 1. The van der Waals surface area contributed by atoms with Gasteiger partial charge in [-0.25, -0.2) is 4.98 Å². The molecule has 0 saturated carbocycles. The number of hydrogen-bond donors (Lipinski definition) is 5. The molecule has 37 heavy (non-hydrogen) atoms. The number of oxime groups is 1. The summed E-state index contributed by atoms with van der Waals surface area (Å²) in [5.41, 5.74) is 10.9. The molecular weight excluding hydrogens is 584 g/mol. The predicted molar refractivity (Wildman–Crippen MR) is 139 cm³/mol. The Bertz CT molecular complexity index is 1370. The fourth-order valence-corrected chi connectivity index (χ4v) is 7.58. The summed E-state index contributed by atoms with van der Waals surface area (Å²) in [6, 6.07) is 0.637. The number of thiazole rings is 1. The number of halogens is 1. The van der Waals surface area contributed by atoms with Crippen LogP contribution in [0.25, 0.3) is 0 Å². The number of hydrogen-bond acceptors (Lipinski definition) is 13. The predicted octanol–water partition coefficient (Wildman–Crippen LogP) is -1.59. The van der Waals surface area contributed by atoms with Crippen molar-refractivity contribution in [3.63, 3.8) is 0 Å². The van der Waals surface area contributed by atoms with Crippen LogP contribution in [0.1, 0.15) is 11.3 Å². The fraction of sp³-hybridized carbons (Fsp3) is 0.211. The van der Waals surface area contributed by atoms with E-state index in [0.29, 0.717) is 10.7 Å². The zero-order valence-corrected chi connectivity index (χ0v) is 22.4. The number of aliphatic carboxylic acids is 1.